The summed E-state index contributed by atoms with van der Waals surface area (Å²) in [6.07, 6.45) is 0. The summed E-state index contributed by atoms with van der Waals surface area (Å²) in [6, 6.07) is 3.18. The Morgan fingerprint density at radius 3 is 2.88 bits per heavy atom. The van der Waals surface area contributed by atoms with Crippen molar-refractivity contribution in [2.75, 3.05) is 23.3 Å². The Morgan fingerprint density at radius 1 is 1.53 bits per heavy atom. The zero-order chi connectivity index (χ0) is 12.6. The van der Waals surface area contributed by atoms with Crippen LogP contribution >= 0.6 is 22.6 Å². The molecule has 0 aliphatic carbocycles. The average Bonchev–Trinajstić information content (AvgIpc) is 2.20. The third-order valence-corrected chi connectivity index (χ3v) is 3.40. The molecule has 1 aliphatic rings. The first kappa shape index (κ1) is 12.6. The largest absolute Gasteiger partial charge is 0.360 e. The Morgan fingerprint density at radius 2 is 2.24 bits per heavy atom. The van der Waals surface area contributed by atoms with Gasteiger partial charge in [0.25, 0.3) is 0 Å². The molecular formula is C12H14FIN2O. The van der Waals surface area contributed by atoms with Gasteiger partial charge in [-0.1, -0.05) is 13.8 Å². The Labute approximate surface area is 114 Å². The van der Waals surface area contributed by atoms with Crippen LogP contribution in [-0.4, -0.2) is 19.0 Å². The van der Waals surface area contributed by atoms with Gasteiger partial charge in [0.2, 0.25) is 5.91 Å². The highest BCUT2D eigenvalue weighted by molar-refractivity contribution is 14.1. The smallest absolute Gasteiger partial charge is 0.243 e. The summed E-state index contributed by atoms with van der Waals surface area (Å²) in [6.45, 7) is 5.20. The number of amides is 1. The number of halogens is 2. The number of rotatable bonds is 2. The second kappa shape index (κ2) is 4.80. The number of hydrogen-bond donors (Lipinski definition) is 1. The molecule has 1 aromatic carbocycles. The first-order chi connectivity index (χ1) is 7.97. The Kier molecular flexibility index (Phi) is 3.56. The van der Waals surface area contributed by atoms with Crippen LogP contribution in [0, 0.1) is 15.3 Å². The fraction of sp³-hybridized carbons (Fsp3) is 0.417. The molecule has 2 rings (SSSR count). The van der Waals surface area contributed by atoms with Crippen LogP contribution < -0.4 is 10.2 Å². The minimum absolute atomic E-state index is 0.0411. The molecule has 1 heterocycles. The van der Waals surface area contributed by atoms with Crippen LogP contribution in [0.2, 0.25) is 0 Å². The lowest BCUT2D eigenvalue weighted by atomic mass is 10.1. The molecule has 17 heavy (non-hydrogen) atoms. The molecule has 3 nitrogen and oxygen atoms in total. The van der Waals surface area contributed by atoms with Gasteiger partial charge in [-0.15, -0.1) is 0 Å². The normalized spacial score (nSPS) is 14.9. The van der Waals surface area contributed by atoms with Gasteiger partial charge in [-0.05, 0) is 34.6 Å². The van der Waals surface area contributed by atoms with Gasteiger partial charge in [-0.25, -0.2) is 4.39 Å². The molecule has 0 saturated carbocycles. The number of hydrogen-bond acceptors (Lipinski definition) is 2. The van der Waals surface area contributed by atoms with E-state index in [1.165, 1.54) is 6.07 Å². The molecule has 0 spiro atoms. The summed E-state index contributed by atoms with van der Waals surface area (Å²) >= 11 is 1.93. The van der Waals surface area contributed by atoms with Crippen molar-refractivity contribution in [1.82, 2.24) is 0 Å². The maximum absolute atomic E-state index is 13.6. The molecule has 1 amide bonds. The van der Waals surface area contributed by atoms with E-state index in [0.29, 0.717) is 21.7 Å². The quantitative estimate of drug-likeness (QED) is 0.834. The molecule has 0 aromatic heterocycles. The second-order valence-electron chi connectivity index (χ2n) is 4.61. The number of nitrogens with zero attached hydrogens (tertiary/aromatic N) is 1. The van der Waals surface area contributed by atoms with Gasteiger partial charge in [0.05, 0.1) is 21.5 Å². The molecule has 1 aliphatic heterocycles. The Hall–Kier alpha value is -0.850. The summed E-state index contributed by atoms with van der Waals surface area (Å²) in [7, 11) is 0. The van der Waals surface area contributed by atoms with E-state index in [-0.39, 0.29) is 11.7 Å². The van der Waals surface area contributed by atoms with Crippen molar-refractivity contribution in [2.45, 2.75) is 13.8 Å². The number of fused-ring (bicyclic) bond motifs is 1. The Bertz CT molecular complexity index is 462. The minimum atomic E-state index is -0.241. The van der Waals surface area contributed by atoms with Crippen LogP contribution in [-0.2, 0) is 4.79 Å². The molecule has 1 N–H and O–H groups in total. The molecule has 0 bridgehead atoms. The van der Waals surface area contributed by atoms with Gasteiger partial charge in [0.15, 0.2) is 0 Å². The lowest BCUT2D eigenvalue weighted by molar-refractivity contribution is -0.115. The second-order valence-corrected chi connectivity index (χ2v) is 5.77. The first-order valence-electron chi connectivity index (χ1n) is 5.51. The van der Waals surface area contributed by atoms with Crippen molar-refractivity contribution >= 4 is 39.9 Å². The molecule has 0 fully saturated rings. The lowest BCUT2D eigenvalue weighted by Crippen LogP contribution is -2.40. The van der Waals surface area contributed by atoms with E-state index in [4.69, 9.17) is 0 Å². The maximum Gasteiger partial charge on any atom is 0.243 e. The Balaban J connectivity index is 2.41. The van der Waals surface area contributed by atoms with Gasteiger partial charge in [-0.3, -0.25) is 4.79 Å². The lowest BCUT2D eigenvalue weighted by Gasteiger charge is -2.32. The van der Waals surface area contributed by atoms with Crippen molar-refractivity contribution in [3.05, 3.63) is 21.5 Å². The van der Waals surface area contributed by atoms with Crippen LogP contribution in [0.1, 0.15) is 13.8 Å². The fourth-order valence-electron chi connectivity index (χ4n) is 1.95. The van der Waals surface area contributed by atoms with Crippen LogP contribution in [0.25, 0.3) is 0 Å². The molecule has 5 heteroatoms. The van der Waals surface area contributed by atoms with Crippen molar-refractivity contribution in [3.8, 4) is 0 Å². The van der Waals surface area contributed by atoms with Gasteiger partial charge >= 0.3 is 0 Å². The summed E-state index contributed by atoms with van der Waals surface area (Å²) in [5, 5.41) is 2.78. The summed E-state index contributed by atoms with van der Waals surface area (Å²) < 4.78 is 14.1. The van der Waals surface area contributed by atoms with Crippen molar-refractivity contribution in [1.29, 1.82) is 0 Å². The number of benzene rings is 1. The van der Waals surface area contributed by atoms with E-state index in [9.17, 15) is 9.18 Å². The summed E-state index contributed by atoms with van der Waals surface area (Å²) in [4.78, 5) is 13.5. The number of carbonyl (C=O) groups is 1. The highest BCUT2D eigenvalue weighted by Gasteiger charge is 2.23. The fourth-order valence-corrected chi connectivity index (χ4v) is 2.42. The van der Waals surface area contributed by atoms with E-state index in [1.807, 2.05) is 27.5 Å². The van der Waals surface area contributed by atoms with Crippen molar-refractivity contribution in [3.63, 3.8) is 0 Å². The topological polar surface area (TPSA) is 32.3 Å². The molecular weight excluding hydrogens is 334 g/mol. The number of nitrogens with one attached hydrogen (secondary N) is 1. The third kappa shape index (κ3) is 2.70. The van der Waals surface area contributed by atoms with Crippen molar-refractivity contribution < 1.29 is 9.18 Å². The van der Waals surface area contributed by atoms with Crippen LogP contribution in [0.4, 0.5) is 15.8 Å². The van der Waals surface area contributed by atoms with E-state index in [1.54, 1.807) is 6.07 Å². The van der Waals surface area contributed by atoms with Crippen LogP contribution in [0.3, 0.4) is 0 Å². The standard InChI is InChI=1S/C12H14FIN2O/c1-7(2)5-16-6-12(17)15-10-4-9(14)8(13)3-11(10)16/h3-4,7H,5-6H2,1-2H3,(H,15,17). The summed E-state index contributed by atoms with van der Waals surface area (Å²) in [5.41, 5.74) is 1.48. The monoisotopic (exact) mass is 348 g/mol. The molecule has 0 atom stereocenters. The zero-order valence-corrected chi connectivity index (χ0v) is 11.9. The van der Waals surface area contributed by atoms with Crippen LogP contribution in [0.15, 0.2) is 12.1 Å². The highest BCUT2D eigenvalue weighted by atomic mass is 127. The minimum Gasteiger partial charge on any atom is -0.360 e. The number of carbonyl (C=O) groups excluding carboxylic acids is 1. The number of anilines is 2. The van der Waals surface area contributed by atoms with E-state index >= 15 is 0 Å². The zero-order valence-electron chi connectivity index (χ0n) is 9.76. The average molecular weight is 348 g/mol. The van der Waals surface area contributed by atoms with Crippen molar-refractivity contribution in [2.24, 2.45) is 5.92 Å². The van der Waals surface area contributed by atoms with E-state index in [2.05, 4.69) is 19.2 Å². The van der Waals surface area contributed by atoms with Gasteiger partial charge < -0.3 is 10.2 Å². The van der Waals surface area contributed by atoms with Crippen LogP contribution in [0.5, 0.6) is 0 Å². The summed E-state index contributed by atoms with van der Waals surface area (Å²) in [5.74, 6) is 0.144. The molecule has 0 unspecified atom stereocenters. The third-order valence-electron chi connectivity index (χ3n) is 2.57. The molecule has 0 saturated heterocycles. The molecule has 0 radical (unpaired) electrons. The van der Waals surface area contributed by atoms with E-state index in [0.717, 1.165) is 12.2 Å². The molecule has 1 aromatic rings. The predicted octanol–water partition coefficient (Wildman–Crippen LogP) is 2.84. The van der Waals surface area contributed by atoms with Gasteiger partial charge in [0, 0.05) is 12.6 Å². The van der Waals surface area contributed by atoms with Gasteiger partial charge in [0.1, 0.15) is 5.82 Å². The first-order valence-corrected chi connectivity index (χ1v) is 6.59. The highest BCUT2D eigenvalue weighted by Crippen LogP contribution is 2.32. The molecule has 92 valence electrons. The predicted molar refractivity (Wildman–Crippen MR) is 74.8 cm³/mol. The van der Waals surface area contributed by atoms with E-state index < -0.39 is 0 Å². The van der Waals surface area contributed by atoms with Gasteiger partial charge in [-0.2, -0.15) is 0 Å². The maximum atomic E-state index is 13.6. The SMILES string of the molecule is CC(C)CN1CC(=O)Nc2cc(I)c(F)cc21.